The van der Waals surface area contributed by atoms with Gasteiger partial charge in [0.25, 0.3) is 0 Å². The van der Waals surface area contributed by atoms with Crippen LogP contribution in [0.25, 0.3) is 0 Å². The first kappa shape index (κ1) is 16.8. The second kappa shape index (κ2) is 7.66. The number of benzene rings is 2. The van der Waals surface area contributed by atoms with E-state index in [9.17, 15) is 5.11 Å². The van der Waals surface area contributed by atoms with Gasteiger partial charge in [-0.2, -0.15) is 5.10 Å². The van der Waals surface area contributed by atoms with Crippen molar-refractivity contribution in [2.45, 2.75) is 19.1 Å². The summed E-state index contributed by atoms with van der Waals surface area (Å²) in [6.45, 7) is 0.360. The van der Waals surface area contributed by atoms with Gasteiger partial charge in [0, 0.05) is 16.5 Å². The molecule has 7 heteroatoms. The molecule has 0 aliphatic carbocycles. The highest BCUT2D eigenvalue weighted by Crippen LogP contribution is 2.28. The van der Waals surface area contributed by atoms with E-state index in [4.69, 9.17) is 27.9 Å². The lowest BCUT2D eigenvalue weighted by Crippen LogP contribution is -2.19. The zero-order valence-corrected chi connectivity index (χ0v) is 14.2. The number of aliphatic hydroxyl groups excluding tert-OH is 1. The third kappa shape index (κ3) is 4.47. The molecule has 5 nitrogen and oxygen atoms in total. The number of nitrogens with zero attached hydrogens (tertiary/aromatic N) is 3. The zero-order valence-electron chi connectivity index (χ0n) is 12.6. The number of aliphatic hydroxyl groups is 1. The molecule has 0 radical (unpaired) electrons. The van der Waals surface area contributed by atoms with Gasteiger partial charge in [0.15, 0.2) is 0 Å². The average Bonchev–Trinajstić information content (AvgIpc) is 3.05. The highest BCUT2D eigenvalue weighted by molar-refractivity contribution is 6.31. The Bertz CT molecular complexity index is 792. The molecule has 1 N–H and O–H groups in total. The summed E-state index contributed by atoms with van der Waals surface area (Å²) >= 11 is 12.1. The normalized spacial score (nSPS) is 12.1. The summed E-state index contributed by atoms with van der Waals surface area (Å²) in [5, 5.41) is 15.3. The predicted molar refractivity (Wildman–Crippen MR) is 92.7 cm³/mol. The average molecular weight is 364 g/mol. The molecule has 24 heavy (non-hydrogen) atoms. The molecule has 124 valence electrons. The number of aromatic nitrogens is 3. The van der Waals surface area contributed by atoms with Crippen LogP contribution in [0.2, 0.25) is 10.0 Å². The maximum absolute atomic E-state index is 10.1. The largest absolute Gasteiger partial charge is 0.457 e. The van der Waals surface area contributed by atoms with Crippen LogP contribution in [0.1, 0.15) is 5.56 Å². The van der Waals surface area contributed by atoms with Crippen LogP contribution in [-0.4, -0.2) is 26.0 Å². The third-order valence-corrected chi connectivity index (χ3v) is 4.00. The van der Waals surface area contributed by atoms with Gasteiger partial charge in [-0.15, -0.1) is 0 Å². The van der Waals surface area contributed by atoms with Crippen molar-refractivity contribution in [1.29, 1.82) is 0 Å². The van der Waals surface area contributed by atoms with Gasteiger partial charge in [0.2, 0.25) is 0 Å². The minimum absolute atomic E-state index is 0.360. The molecule has 0 amide bonds. The topological polar surface area (TPSA) is 60.2 Å². The van der Waals surface area contributed by atoms with Crippen molar-refractivity contribution in [2.75, 3.05) is 0 Å². The van der Waals surface area contributed by atoms with Crippen LogP contribution < -0.4 is 4.74 Å². The summed E-state index contributed by atoms with van der Waals surface area (Å²) < 4.78 is 7.31. The number of hydrogen-bond donors (Lipinski definition) is 1. The van der Waals surface area contributed by atoms with E-state index in [0.29, 0.717) is 34.5 Å². The van der Waals surface area contributed by atoms with Crippen molar-refractivity contribution in [1.82, 2.24) is 14.8 Å². The van der Waals surface area contributed by atoms with E-state index in [1.165, 1.54) is 6.33 Å². The Morgan fingerprint density at radius 2 is 1.83 bits per heavy atom. The summed E-state index contributed by atoms with van der Waals surface area (Å²) in [6, 6.07) is 12.5. The monoisotopic (exact) mass is 363 g/mol. The van der Waals surface area contributed by atoms with Crippen molar-refractivity contribution in [2.24, 2.45) is 0 Å². The summed E-state index contributed by atoms with van der Waals surface area (Å²) in [5.74, 6) is 1.30. The van der Waals surface area contributed by atoms with E-state index < -0.39 is 6.10 Å². The molecule has 2 aromatic carbocycles. The molecule has 1 aromatic heterocycles. The second-order valence-electron chi connectivity index (χ2n) is 5.28. The molecule has 0 bridgehead atoms. The molecule has 1 atom stereocenters. The minimum Gasteiger partial charge on any atom is -0.457 e. The molecule has 0 saturated heterocycles. The fourth-order valence-electron chi connectivity index (χ4n) is 2.26. The van der Waals surface area contributed by atoms with Gasteiger partial charge in [-0.3, -0.25) is 4.68 Å². The molecular formula is C17H15Cl2N3O2. The van der Waals surface area contributed by atoms with E-state index in [-0.39, 0.29) is 0 Å². The summed E-state index contributed by atoms with van der Waals surface area (Å²) in [4.78, 5) is 3.85. The predicted octanol–water partition coefficient (Wildman–Crippen LogP) is 3.98. The van der Waals surface area contributed by atoms with Gasteiger partial charge in [0.1, 0.15) is 24.2 Å². The Morgan fingerprint density at radius 1 is 1.08 bits per heavy atom. The lowest BCUT2D eigenvalue weighted by Gasteiger charge is -2.13. The van der Waals surface area contributed by atoms with Crippen LogP contribution in [0.15, 0.2) is 55.1 Å². The van der Waals surface area contributed by atoms with E-state index in [2.05, 4.69) is 10.1 Å². The Hall–Kier alpha value is -2.08. The van der Waals surface area contributed by atoms with E-state index >= 15 is 0 Å². The number of halogens is 2. The van der Waals surface area contributed by atoms with Crippen LogP contribution in [0.3, 0.4) is 0 Å². The maximum atomic E-state index is 10.1. The van der Waals surface area contributed by atoms with Crippen molar-refractivity contribution < 1.29 is 9.84 Å². The zero-order chi connectivity index (χ0) is 16.9. The first-order valence-corrected chi connectivity index (χ1v) is 8.08. The van der Waals surface area contributed by atoms with Gasteiger partial charge in [-0.1, -0.05) is 29.3 Å². The SMILES string of the molecule is OC(Cc1ccc(Oc2ccc(Cl)cc2)cc1Cl)Cn1cncn1. The molecule has 1 unspecified atom stereocenters. The van der Waals surface area contributed by atoms with Crippen LogP contribution in [0.4, 0.5) is 0 Å². The first-order chi connectivity index (χ1) is 11.6. The Labute approximate surface area is 149 Å². The number of hydrogen-bond acceptors (Lipinski definition) is 4. The van der Waals surface area contributed by atoms with Crippen LogP contribution in [-0.2, 0) is 13.0 Å². The van der Waals surface area contributed by atoms with Crippen LogP contribution >= 0.6 is 23.2 Å². The Balaban J connectivity index is 1.64. The molecule has 3 rings (SSSR count). The number of ether oxygens (including phenoxy) is 1. The standard InChI is InChI=1S/C17H15Cl2N3O2/c18-13-2-5-15(6-3-13)24-16-4-1-12(17(19)8-16)7-14(23)9-22-11-20-10-21-22/h1-6,8,10-11,14,23H,7,9H2. The molecular weight excluding hydrogens is 349 g/mol. The van der Waals surface area contributed by atoms with Crippen LogP contribution in [0, 0.1) is 0 Å². The number of rotatable bonds is 6. The molecule has 1 heterocycles. The van der Waals surface area contributed by atoms with Gasteiger partial charge < -0.3 is 9.84 Å². The molecule has 0 aliphatic rings. The summed E-state index contributed by atoms with van der Waals surface area (Å²) in [7, 11) is 0. The minimum atomic E-state index is -0.604. The fraction of sp³-hybridized carbons (Fsp3) is 0.176. The van der Waals surface area contributed by atoms with Gasteiger partial charge in [-0.05, 0) is 42.0 Å². The van der Waals surface area contributed by atoms with E-state index in [0.717, 1.165) is 5.56 Å². The lowest BCUT2D eigenvalue weighted by atomic mass is 10.1. The van der Waals surface area contributed by atoms with Crippen molar-refractivity contribution >= 4 is 23.2 Å². The fourth-order valence-corrected chi connectivity index (χ4v) is 2.63. The molecule has 0 spiro atoms. The van der Waals surface area contributed by atoms with Crippen molar-refractivity contribution in [3.8, 4) is 11.5 Å². The van der Waals surface area contributed by atoms with Crippen LogP contribution in [0.5, 0.6) is 11.5 Å². The Morgan fingerprint density at radius 3 is 2.50 bits per heavy atom. The lowest BCUT2D eigenvalue weighted by molar-refractivity contribution is 0.149. The highest BCUT2D eigenvalue weighted by Gasteiger charge is 2.11. The molecule has 0 saturated carbocycles. The third-order valence-electron chi connectivity index (χ3n) is 3.39. The summed E-state index contributed by atoms with van der Waals surface area (Å²) in [6.07, 6.45) is 2.81. The highest BCUT2D eigenvalue weighted by atomic mass is 35.5. The summed E-state index contributed by atoms with van der Waals surface area (Å²) in [5.41, 5.74) is 0.840. The quantitative estimate of drug-likeness (QED) is 0.719. The Kier molecular flexibility index (Phi) is 5.35. The van der Waals surface area contributed by atoms with Crippen molar-refractivity contribution in [3.63, 3.8) is 0 Å². The molecule has 0 aliphatic heterocycles. The van der Waals surface area contributed by atoms with Crippen molar-refractivity contribution in [3.05, 3.63) is 70.7 Å². The van der Waals surface area contributed by atoms with E-state index in [1.807, 2.05) is 12.1 Å². The maximum Gasteiger partial charge on any atom is 0.137 e. The van der Waals surface area contributed by atoms with Gasteiger partial charge in [0.05, 0.1) is 12.6 Å². The van der Waals surface area contributed by atoms with Gasteiger partial charge >= 0.3 is 0 Å². The molecule has 3 aromatic rings. The second-order valence-corrected chi connectivity index (χ2v) is 6.13. The smallest absolute Gasteiger partial charge is 0.137 e. The van der Waals surface area contributed by atoms with Gasteiger partial charge in [-0.25, -0.2) is 4.98 Å². The van der Waals surface area contributed by atoms with E-state index in [1.54, 1.807) is 41.3 Å². The molecule has 0 fully saturated rings. The first-order valence-electron chi connectivity index (χ1n) is 7.32.